The van der Waals surface area contributed by atoms with Gasteiger partial charge in [0.1, 0.15) is 0 Å². The zero-order valence-electron chi connectivity index (χ0n) is 6.07. The van der Waals surface area contributed by atoms with Crippen molar-refractivity contribution in [3.63, 3.8) is 0 Å². The monoisotopic (exact) mass is 119 g/mol. The molecule has 0 fully saturated rings. The van der Waals surface area contributed by atoms with Crippen molar-refractivity contribution < 1.29 is 5.11 Å². The average molecular weight is 119 g/mol. The van der Waals surface area contributed by atoms with E-state index in [-0.39, 0.29) is 6.61 Å². The molecular formula is C5H14OSi. The Morgan fingerprint density at radius 1 is 1.71 bits per heavy atom. The Balaban J connectivity index is 3.11. The molecule has 0 saturated heterocycles. The predicted octanol–water partition coefficient (Wildman–Crippen LogP) is 0.855. The molecule has 0 atom stereocenters. The normalized spacial score (nSPS) is 13.9. The highest BCUT2D eigenvalue weighted by Gasteiger charge is 1.91. The zero-order valence-corrected chi connectivity index (χ0v) is 6.07. The second-order valence-corrected chi connectivity index (χ2v) is 4.95. The summed E-state index contributed by atoms with van der Waals surface area (Å²) >= 11 is 0. The van der Waals surface area contributed by atoms with Crippen LogP contribution >= 0.6 is 0 Å². The topological polar surface area (TPSA) is 20.2 Å². The van der Waals surface area contributed by atoms with E-state index in [9.17, 15) is 0 Å². The predicted molar refractivity (Wildman–Crippen MR) is 35.4 cm³/mol. The lowest BCUT2D eigenvalue weighted by molar-refractivity contribution is 0.294. The minimum atomic E-state index is -1.59. The lowest BCUT2D eigenvalue weighted by Gasteiger charge is -1.96. The van der Waals surface area contributed by atoms with Crippen molar-refractivity contribution in [3.8, 4) is 0 Å². The van der Waals surface area contributed by atoms with Crippen LogP contribution in [0.1, 0.15) is 6.42 Å². The van der Waals surface area contributed by atoms with Gasteiger partial charge in [-0.05, 0) is 6.42 Å². The van der Waals surface area contributed by atoms with Crippen molar-refractivity contribution in [1.29, 1.82) is 1.23 Å². The zero-order chi connectivity index (χ0) is 6.62. The highest BCUT2D eigenvalue weighted by Crippen LogP contribution is 1.93. The summed E-state index contributed by atoms with van der Waals surface area (Å²) in [6.07, 6.45) is 0.808. The lowest BCUT2D eigenvalue weighted by Crippen LogP contribution is -1.99. The first-order chi connectivity index (χ1) is 3.56. The van der Waals surface area contributed by atoms with E-state index in [2.05, 4.69) is 0 Å². The fourth-order valence-electron chi connectivity index (χ4n) is 0.433. The number of rotatable bonds is 3. The summed E-state index contributed by atoms with van der Waals surface area (Å²) in [6.45, 7) is 4.22. The second-order valence-electron chi connectivity index (χ2n) is 2.03. The molecule has 7 heavy (non-hydrogen) atoms. The molecule has 1 N–H and O–H groups in total. The van der Waals surface area contributed by atoms with E-state index in [1.54, 1.807) is 0 Å². The molecular weight excluding hydrogens is 104 g/mol. The van der Waals surface area contributed by atoms with E-state index in [0.29, 0.717) is 0 Å². The van der Waals surface area contributed by atoms with Gasteiger partial charge in [-0.3, -0.25) is 0 Å². The molecule has 0 aromatic carbocycles. The van der Waals surface area contributed by atoms with Gasteiger partial charge < -0.3 is 5.11 Å². The molecule has 44 valence electrons. The minimum absolute atomic E-state index is 0.245. The Bertz CT molecular complexity index is 59.9. The van der Waals surface area contributed by atoms with Gasteiger partial charge in [0, 0.05) is 16.6 Å². The number of aliphatic hydroxyl groups excluding tert-OH is 1. The summed E-state index contributed by atoms with van der Waals surface area (Å²) in [5.41, 5.74) is 0. The molecule has 0 saturated carbocycles. The SMILES string of the molecule is [2H][Si](C)(C)CCCO. The first-order valence-electron chi connectivity index (χ1n) is 3.17. The van der Waals surface area contributed by atoms with Gasteiger partial charge in [0.2, 0.25) is 0 Å². The van der Waals surface area contributed by atoms with E-state index in [4.69, 9.17) is 6.34 Å². The van der Waals surface area contributed by atoms with Gasteiger partial charge in [0.15, 0.2) is 0 Å². The van der Waals surface area contributed by atoms with E-state index >= 15 is 0 Å². The largest absolute Gasteiger partial charge is 0.396 e. The molecule has 0 bridgehead atoms. The first kappa shape index (κ1) is 5.32. The van der Waals surface area contributed by atoms with E-state index in [1.165, 1.54) is 0 Å². The molecule has 0 unspecified atom stereocenters. The molecule has 0 radical (unpaired) electrons. The Kier molecular flexibility index (Phi) is 3.30. The van der Waals surface area contributed by atoms with Crippen molar-refractivity contribution in [2.75, 3.05) is 6.61 Å². The second kappa shape index (κ2) is 4.34. The molecule has 0 aliphatic heterocycles. The number of aliphatic hydroxyl groups is 1. The van der Waals surface area contributed by atoms with Gasteiger partial charge in [-0.25, -0.2) is 0 Å². The van der Waals surface area contributed by atoms with Crippen LogP contribution in [0, 0.1) is 0 Å². The molecule has 0 aromatic heterocycles. The Labute approximate surface area is 48.2 Å². The summed E-state index contributed by atoms with van der Waals surface area (Å²) < 4.78 is 7.46. The molecule has 1 nitrogen and oxygen atoms in total. The molecule has 2 heteroatoms. The molecule has 0 aromatic rings. The van der Waals surface area contributed by atoms with Crippen molar-refractivity contribution in [3.05, 3.63) is 0 Å². The van der Waals surface area contributed by atoms with Crippen LogP contribution in [0.3, 0.4) is 0 Å². The summed E-state index contributed by atoms with van der Waals surface area (Å²) in [4.78, 5) is 0. The Hall–Kier alpha value is 0.177. The molecule has 0 rings (SSSR count). The third-order valence-corrected chi connectivity index (χ3v) is 2.19. The summed E-state index contributed by atoms with van der Waals surface area (Å²) in [5.74, 6) is 0. The maximum absolute atomic E-state index is 8.37. The third kappa shape index (κ3) is 6.18. The smallest absolute Gasteiger partial charge is 0.0428 e. The van der Waals surface area contributed by atoms with Gasteiger partial charge in [-0.15, -0.1) is 0 Å². The average Bonchev–Trinajstić information content (AvgIpc) is 1.59. The van der Waals surface area contributed by atoms with Crippen LogP contribution in [0.25, 0.3) is 0 Å². The maximum Gasteiger partial charge on any atom is 0.0428 e. The first-order valence-corrected chi connectivity index (χ1v) is 5.38. The molecule has 0 spiro atoms. The highest BCUT2D eigenvalue weighted by molar-refractivity contribution is 6.55. The Morgan fingerprint density at radius 2 is 2.29 bits per heavy atom. The van der Waals surface area contributed by atoms with E-state index < -0.39 is 8.73 Å². The molecule has 0 amide bonds. The standard InChI is InChI=1S/C5H14OSi/c1-7(2)5-3-4-6/h6-7H,3-5H2,1-2H3/i7D. The van der Waals surface area contributed by atoms with Crippen LogP contribution in [-0.4, -0.2) is 21.7 Å². The van der Waals surface area contributed by atoms with Gasteiger partial charge in [-0.1, -0.05) is 19.1 Å². The van der Waals surface area contributed by atoms with Crippen LogP contribution in [0.5, 0.6) is 0 Å². The van der Waals surface area contributed by atoms with Crippen LogP contribution in [0.15, 0.2) is 0 Å². The highest BCUT2D eigenvalue weighted by atomic mass is 28.3. The van der Waals surface area contributed by atoms with Gasteiger partial charge in [0.05, 0.1) is 0 Å². The summed E-state index contributed by atoms with van der Waals surface area (Å²) in [5, 5.41) is 8.37. The van der Waals surface area contributed by atoms with Gasteiger partial charge in [0.25, 0.3) is 0 Å². The van der Waals surface area contributed by atoms with Crippen LogP contribution in [0.4, 0.5) is 0 Å². The lowest BCUT2D eigenvalue weighted by atomic mass is 10.5. The van der Waals surface area contributed by atoms with Gasteiger partial charge in [-0.2, -0.15) is 0 Å². The fraction of sp³-hybridized carbons (Fsp3) is 1.00. The maximum atomic E-state index is 8.37. The third-order valence-electron chi connectivity index (χ3n) is 0.835. The minimum Gasteiger partial charge on any atom is -0.396 e. The summed E-state index contributed by atoms with van der Waals surface area (Å²) in [7, 11) is -1.59. The van der Waals surface area contributed by atoms with Crippen molar-refractivity contribution in [2.45, 2.75) is 25.6 Å². The van der Waals surface area contributed by atoms with E-state index in [0.717, 1.165) is 12.5 Å². The van der Waals surface area contributed by atoms with E-state index in [1.807, 2.05) is 13.1 Å². The fourth-order valence-corrected chi connectivity index (χ4v) is 1.30. The number of hydrogen-bond donors (Lipinski definition) is 1. The quantitative estimate of drug-likeness (QED) is 0.546. The summed E-state index contributed by atoms with van der Waals surface area (Å²) in [6, 6.07) is 0.920. The van der Waals surface area contributed by atoms with Crippen LogP contribution in [-0.2, 0) is 0 Å². The van der Waals surface area contributed by atoms with Crippen molar-refractivity contribution in [2.24, 2.45) is 0 Å². The van der Waals surface area contributed by atoms with Gasteiger partial charge >= 0.3 is 0 Å². The van der Waals surface area contributed by atoms with Crippen molar-refractivity contribution in [1.82, 2.24) is 0 Å². The van der Waals surface area contributed by atoms with Crippen molar-refractivity contribution >= 4 is 8.73 Å². The Morgan fingerprint density at radius 3 is 2.43 bits per heavy atom. The molecule has 0 aliphatic carbocycles. The molecule has 0 heterocycles. The number of hydrogen-bond acceptors (Lipinski definition) is 1. The molecule has 0 aliphatic rings. The van der Waals surface area contributed by atoms with Crippen LogP contribution < -0.4 is 0 Å². The van der Waals surface area contributed by atoms with Crippen LogP contribution in [0.2, 0.25) is 19.1 Å².